The number of hydrogen-bond donors (Lipinski definition) is 0. The molecular formula is C11H13FO2S. The van der Waals surface area contributed by atoms with Crippen molar-refractivity contribution in [3.63, 3.8) is 0 Å². The second-order valence-electron chi connectivity index (χ2n) is 3.29. The number of benzene rings is 1. The molecule has 2 nitrogen and oxygen atoms in total. The van der Waals surface area contributed by atoms with Crippen molar-refractivity contribution in [2.75, 3.05) is 5.75 Å². The molecule has 15 heavy (non-hydrogen) atoms. The smallest absolute Gasteiger partial charge is 0.139 e. The number of rotatable bonds is 5. The van der Waals surface area contributed by atoms with E-state index in [1.54, 1.807) is 12.1 Å². The van der Waals surface area contributed by atoms with Crippen LogP contribution in [0.25, 0.3) is 0 Å². The normalized spacial score (nSPS) is 12.4. The van der Waals surface area contributed by atoms with E-state index in [2.05, 4.69) is 0 Å². The van der Waals surface area contributed by atoms with Crippen LogP contribution in [0.2, 0.25) is 0 Å². The van der Waals surface area contributed by atoms with E-state index in [1.807, 2.05) is 0 Å². The summed E-state index contributed by atoms with van der Waals surface area (Å²) in [5.41, 5.74) is 0. The highest BCUT2D eigenvalue weighted by atomic mass is 32.2. The molecule has 0 aliphatic rings. The fourth-order valence-corrected chi connectivity index (χ4v) is 2.33. The Kier molecular flexibility index (Phi) is 4.62. The lowest BCUT2D eigenvalue weighted by Crippen LogP contribution is -2.02. The van der Waals surface area contributed by atoms with Gasteiger partial charge in [-0.2, -0.15) is 0 Å². The van der Waals surface area contributed by atoms with Crippen LogP contribution in [-0.2, 0) is 15.6 Å². The Morgan fingerprint density at radius 2 is 2.07 bits per heavy atom. The van der Waals surface area contributed by atoms with E-state index in [0.29, 0.717) is 18.6 Å². The van der Waals surface area contributed by atoms with Gasteiger partial charge in [0.2, 0.25) is 0 Å². The Morgan fingerprint density at radius 3 is 2.67 bits per heavy atom. The second-order valence-corrected chi connectivity index (χ2v) is 4.82. The molecule has 0 heterocycles. The summed E-state index contributed by atoms with van der Waals surface area (Å²) in [6.45, 7) is 1.49. The molecule has 1 rings (SSSR count). The predicted octanol–water partition coefficient (Wildman–Crippen LogP) is 2.30. The van der Waals surface area contributed by atoms with Gasteiger partial charge in [-0.1, -0.05) is 12.1 Å². The fourth-order valence-electron chi connectivity index (χ4n) is 1.19. The Morgan fingerprint density at radius 1 is 1.40 bits per heavy atom. The Labute approximate surface area is 91.0 Å². The highest BCUT2D eigenvalue weighted by Gasteiger charge is 2.08. The third kappa shape index (κ3) is 3.91. The van der Waals surface area contributed by atoms with E-state index in [-0.39, 0.29) is 10.7 Å². The van der Waals surface area contributed by atoms with E-state index < -0.39 is 16.6 Å². The molecule has 0 N–H and O–H groups in total. The number of carbonyl (C=O) groups excluding carboxylic acids is 1. The maximum Gasteiger partial charge on any atom is 0.139 e. The zero-order valence-corrected chi connectivity index (χ0v) is 9.35. The van der Waals surface area contributed by atoms with Crippen LogP contribution < -0.4 is 0 Å². The molecule has 0 saturated carbocycles. The minimum absolute atomic E-state index is 0.0699. The molecule has 4 heteroatoms. The molecule has 0 fully saturated rings. The molecule has 0 spiro atoms. The number of Topliss-reactive ketones (excluding diaryl/α,β-unsaturated/α-hetero) is 1. The largest absolute Gasteiger partial charge is 0.300 e. The molecule has 1 unspecified atom stereocenters. The lowest BCUT2D eigenvalue weighted by atomic mass is 10.3. The standard InChI is InChI=1S/C11H13FO2S/c1-9(13)5-4-8-15(14)11-7-3-2-6-10(11)12/h2-3,6-7H,4-5,8H2,1H3. The molecule has 0 saturated heterocycles. The van der Waals surface area contributed by atoms with Crippen molar-refractivity contribution in [3.8, 4) is 0 Å². The van der Waals surface area contributed by atoms with E-state index in [4.69, 9.17) is 0 Å². The average molecular weight is 228 g/mol. The van der Waals surface area contributed by atoms with E-state index >= 15 is 0 Å². The van der Waals surface area contributed by atoms with Gasteiger partial charge in [0.25, 0.3) is 0 Å². The first-order valence-corrected chi connectivity index (χ1v) is 6.05. The van der Waals surface area contributed by atoms with Crippen LogP contribution in [-0.4, -0.2) is 15.7 Å². The molecule has 0 amide bonds. The van der Waals surface area contributed by atoms with Gasteiger partial charge in [0.05, 0.1) is 15.7 Å². The van der Waals surface area contributed by atoms with Crippen LogP contribution in [0.15, 0.2) is 29.2 Å². The van der Waals surface area contributed by atoms with Gasteiger partial charge in [-0.05, 0) is 25.5 Å². The van der Waals surface area contributed by atoms with Crippen LogP contribution in [0.3, 0.4) is 0 Å². The Hall–Kier alpha value is -1.03. The van der Waals surface area contributed by atoms with Gasteiger partial charge in [-0.25, -0.2) is 4.39 Å². The minimum atomic E-state index is -1.34. The van der Waals surface area contributed by atoms with Crippen molar-refractivity contribution in [1.82, 2.24) is 0 Å². The van der Waals surface area contributed by atoms with Crippen molar-refractivity contribution in [2.24, 2.45) is 0 Å². The number of hydrogen-bond acceptors (Lipinski definition) is 2. The van der Waals surface area contributed by atoms with Crippen LogP contribution in [0.4, 0.5) is 4.39 Å². The second kappa shape index (κ2) is 5.75. The van der Waals surface area contributed by atoms with Crippen molar-refractivity contribution >= 4 is 16.6 Å². The molecule has 0 aliphatic heterocycles. The Bertz CT molecular complexity index is 377. The van der Waals surface area contributed by atoms with Gasteiger partial charge in [0, 0.05) is 12.2 Å². The topological polar surface area (TPSA) is 34.1 Å². The zero-order chi connectivity index (χ0) is 11.3. The van der Waals surface area contributed by atoms with Gasteiger partial charge >= 0.3 is 0 Å². The quantitative estimate of drug-likeness (QED) is 0.775. The van der Waals surface area contributed by atoms with E-state index in [9.17, 15) is 13.4 Å². The third-order valence-corrected chi connectivity index (χ3v) is 3.42. The highest BCUT2D eigenvalue weighted by molar-refractivity contribution is 7.85. The summed E-state index contributed by atoms with van der Waals surface area (Å²) in [7, 11) is -1.34. The summed E-state index contributed by atoms with van der Waals surface area (Å²) >= 11 is 0. The molecule has 1 atom stereocenters. The molecule has 0 bridgehead atoms. The van der Waals surface area contributed by atoms with E-state index in [0.717, 1.165) is 0 Å². The summed E-state index contributed by atoms with van der Waals surface area (Å²) in [4.78, 5) is 10.9. The minimum Gasteiger partial charge on any atom is -0.300 e. The monoisotopic (exact) mass is 228 g/mol. The lowest BCUT2D eigenvalue weighted by Gasteiger charge is -2.02. The van der Waals surface area contributed by atoms with Crippen LogP contribution in [0.1, 0.15) is 19.8 Å². The van der Waals surface area contributed by atoms with Gasteiger partial charge in [0.15, 0.2) is 0 Å². The number of carbonyl (C=O) groups is 1. The first-order valence-electron chi connectivity index (χ1n) is 4.73. The van der Waals surface area contributed by atoms with Gasteiger partial charge in [0.1, 0.15) is 11.6 Å². The summed E-state index contributed by atoms with van der Waals surface area (Å²) in [5.74, 6) is -0.0419. The third-order valence-electron chi connectivity index (χ3n) is 1.94. The summed E-state index contributed by atoms with van der Waals surface area (Å²) < 4.78 is 24.8. The summed E-state index contributed by atoms with van der Waals surface area (Å²) in [6.07, 6.45) is 0.941. The summed E-state index contributed by atoms with van der Waals surface area (Å²) in [6, 6.07) is 6.02. The Balaban J connectivity index is 2.54. The number of halogens is 1. The molecular weight excluding hydrogens is 215 g/mol. The molecule has 1 aromatic rings. The molecule has 0 aromatic heterocycles. The van der Waals surface area contributed by atoms with Crippen molar-refractivity contribution in [1.29, 1.82) is 0 Å². The van der Waals surface area contributed by atoms with E-state index in [1.165, 1.54) is 19.1 Å². The fraction of sp³-hybridized carbons (Fsp3) is 0.364. The van der Waals surface area contributed by atoms with Gasteiger partial charge < -0.3 is 4.79 Å². The SMILES string of the molecule is CC(=O)CCCS(=O)c1ccccc1F. The van der Waals surface area contributed by atoms with Crippen LogP contribution in [0, 0.1) is 5.82 Å². The van der Waals surface area contributed by atoms with Crippen LogP contribution >= 0.6 is 0 Å². The highest BCUT2D eigenvalue weighted by Crippen LogP contribution is 2.12. The van der Waals surface area contributed by atoms with Crippen molar-refractivity contribution in [3.05, 3.63) is 30.1 Å². The van der Waals surface area contributed by atoms with Gasteiger partial charge in [-0.3, -0.25) is 4.21 Å². The maximum absolute atomic E-state index is 13.2. The first-order chi connectivity index (χ1) is 7.11. The lowest BCUT2D eigenvalue weighted by molar-refractivity contribution is -0.117. The molecule has 0 aliphatic carbocycles. The predicted molar refractivity (Wildman–Crippen MR) is 57.6 cm³/mol. The zero-order valence-electron chi connectivity index (χ0n) is 8.53. The average Bonchev–Trinajstić information content (AvgIpc) is 2.17. The molecule has 1 aromatic carbocycles. The molecule has 0 radical (unpaired) electrons. The van der Waals surface area contributed by atoms with Crippen LogP contribution in [0.5, 0.6) is 0 Å². The maximum atomic E-state index is 13.2. The van der Waals surface area contributed by atoms with Crippen molar-refractivity contribution < 1.29 is 13.4 Å². The number of ketones is 1. The molecule has 82 valence electrons. The first kappa shape index (κ1) is 12.0. The van der Waals surface area contributed by atoms with Gasteiger partial charge in [-0.15, -0.1) is 0 Å². The summed E-state index contributed by atoms with van der Waals surface area (Å²) in [5, 5.41) is 0. The van der Waals surface area contributed by atoms with Crippen molar-refractivity contribution in [2.45, 2.75) is 24.7 Å².